The van der Waals surface area contributed by atoms with E-state index in [1.807, 2.05) is 36.2 Å². The summed E-state index contributed by atoms with van der Waals surface area (Å²) in [6.45, 7) is 4.73. The highest BCUT2D eigenvalue weighted by molar-refractivity contribution is 6.00. The van der Waals surface area contributed by atoms with Crippen molar-refractivity contribution in [2.24, 2.45) is 5.92 Å². The Morgan fingerprint density at radius 3 is 2.59 bits per heavy atom. The van der Waals surface area contributed by atoms with Crippen LogP contribution in [0.3, 0.4) is 0 Å². The van der Waals surface area contributed by atoms with Crippen molar-refractivity contribution in [2.45, 2.75) is 32.7 Å². The first-order valence-corrected chi connectivity index (χ1v) is 7.65. The molecule has 120 valence electrons. The van der Waals surface area contributed by atoms with Crippen LogP contribution in [0.2, 0.25) is 0 Å². The average Bonchev–Trinajstić information content (AvgIpc) is 2.64. The number of carbonyl (C=O) groups is 2. The smallest absolute Gasteiger partial charge is 0.306 e. The van der Waals surface area contributed by atoms with E-state index in [-0.39, 0.29) is 24.3 Å². The quantitative estimate of drug-likeness (QED) is 0.805. The fourth-order valence-electron chi connectivity index (χ4n) is 2.85. The van der Waals surface area contributed by atoms with Gasteiger partial charge in [0.1, 0.15) is 0 Å². The van der Waals surface area contributed by atoms with Crippen LogP contribution in [-0.4, -0.2) is 38.6 Å². The number of hydrogen-bond acceptors (Lipinski definition) is 4. The number of methoxy groups -OCH3 is 1. The van der Waals surface area contributed by atoms with Gasteiger partial charge in [-0.3, -0.25) is 9.59 Å². The summed E-state index contributed by atoms with van der Waals surface area (Å²) in [7, 11) is 3.38. The van der Waals surface area contributed by atoms with E-state index in [2.05, 4.69) is 16.6 Å². The Labute approximate surface area is 131 Å². The first-order valence-electron chi connectivity index (χ1n) is 7.65. The van der Waals surface area contributed by atoms with Crippen LogP contribution in [0.5, 0.6) is 0 Å². The van der Waals surface area contributed by atoms with Crippen LogP contribution >= 0.6 is 0 Å². The van der Waals surface area contributed by atoms with E-state index in [9.17, 15) is 9.59 Å². The van der Waals surface area contributed by atoms with Crippen molar-refractivity contribution in [3.05, 3.63) is 24.3 Å². The Kier molecular flexibility index (Phi) is 5.06. The van der Waals surface area contributed by atoms with Crippen LogP contribution in [0.1, 0.15) is 26.7 Å². The molecule has 0 unspecified atom stereocenters. The molecule has 2 rings (SSSR count). The number of benzene rings is 1. The zero-order valence-electron chi connectivity index (χ0n) is 13.7. The van der Waals surface area contributed by atoms with Gasteiger partial charge in [-0.05, 0) is 25.5 Å². The van der Waals surface area contributed by atoms with Gasteiger partial charge < -0.3 is 14.5 Å². The number of esters is 1. The number of rotatable bonds is 3. The number of carbonyl (C=O) groups excluding carboxylic acids is 2. The number of anilines is 2. The molecule has 22 heavy (non-hydrogen) atoms. The lowest BCUT2D eigenvalue weighted by molar-refractivity contribution is -0.143. The number of fused-ring (bicyclic) bond motifs is 1. The predicted molar refractivity (Wildman–Crippen MR) is 87.1 cm³/mol. The Hall–Kier alpha value is -2.04. The molecule has 0 spiro atoms. The standard InChI is InChI=1S/C17H24N2O3/c1-12(11-16(20)22-4)17(21)19-13(2)9-10-18(3)14-7-5-6-8-15(14)19/h5-8,12-13H,9-11H2,1-4H3/t12-,13-/m1/s1. The molecule has 1 aliphatic rings. The van der Waals surface area contributed by atoms with Gasteiger partial charge in [0, 0.05) is 25.6 Å². The molecule has 0 aliphatic carbocycles. The van der Waals surface area contributed by atoms with Gasteiger partial charge in [0.15, 0.2) is 0 Å². The van der Waals surface area contributed by atoms with E-state index in [0.717, 1.165) is 24.3 Å². The van der Waals surface area contributed by atoms with Crippen LogP contribution in [0, 0.1) is 5.92 Å². The van der Waals surface area contributed by atoms with Crippen LogP contribution < -0.4 is 9.80 Å². The lowest BCUT2D eigenvalue weighted by Crippen LogP contribution is -2.42. The first-order chi connectivity index (χ1) is 10.5. The van der Waals surface area contributed by atoms with Gasteiger partial charge in [-0.15, -0.1) is 0 Å². The number of para-hydroxylation sites is 2. The molecule has 0 bridgehead atoms. The Balaban J connectivity index is 2.33. The maximum Gasteiger partial charge on any atom is 0.306 e. The molecule has 0 N–H and O–H groups in total. The van der Waals surface area contributed by atoms with Crippen molar-refractivity contribution in [1.82, 2.24) is 0 Å². The zero-order chi connectivity index (χ0) is 16.3. The molecule has 0 fully saturated rings. The highest BCUT2D eigenvalue weighted by atomic mass is 16.5. The number of amides is 1. The van der Waals surface area contributed by atoms with Crippen molar-refractivity contribution in [2.75, 3.05) is 30.5 Å². The van der Waals surface area contributed by atoms with Gasteiger partial charge in [-0.2, -0.15) is 0 Å². The molecule has 2 atom stereocenters. The molecule has 5 nitrogen and oxygen atoms in total. The molecular formula is C17H24N2O3. The Bertz CT molecular complexity index is 559. The van der Waals surface area contributed by atoms with Crippen LogP contribution in [-0.2, 0) is 14.3 Å². The molecule has 1 aliphatic heterocycles. The van der Waals surface area contributed by atoms with Crippen molar-refractivity contribution in [3.63, 3.8) is 0 Å². The minimum atomic E-state index is -0.397. The van der Waals surface area contributed by atoms with E-state index in [0.29, 0.717) is 0 Å². The Morgan fingerprint density at radius 1 is 1.32 bits per heavy atom. The summed E-state index contributed by atoms with van der Waals surface area (Å²) in [6, 6.07) is 8.01. The highest BCUT2D eigenvalue weighted by Gasteiger charge is 2.31. The van der Waals surface area contributed by atoms with Crippen LogP contribution in [0.25, 0.3) is 0 Å². The highest BCUT2D eigenvalue weighted by Crippen LogP contribution is 2.34. The van der Waals surface area contributed by atoms with Crippen LogP contribution in [0.15, 0.2) is 24.3 Å². The van der Waals surface area contributed by atoms with Gasteiger partial charge in [0.2, 0.25) is 5.91 Å². The van der Waals surface area contributed by atoms with E-state index in [4.69, 9.17) is 0 Å². The molecule has 0 aromatic heterocycles. The molecule has 0 radical (unpaired) electrons. The van der Waals surface area contributed by atoms with Gasteiger partial charge in [0.25, 0.3) is 0 Å². The second kappa shape index (κ2) is 6.81. The maximum absolute atomic E-state index is 12.9. The van der Waals surface area contributed by atoms with E-state index >= 15 is 0 Å². The summed E-state index contributed by atoms with van der Waals surface area (Å²) in [5, 5.41) is 0. The third-order valence-electron chi connectivity index (χ3n) is 4.24. The second-order valence-corrected chi connectivity index (χ2v) is 5.94. The summed E-state index contributed by atoms with van der Waals surface area (Å²) >= 11 is 0. The average molecular weight is 304 g/mol. The minimum Gasteiger partial charge on any atom is -0.469 e. The maximum atomic E-state index is 12.9. The van der Waals surface area contributed by atoms with Gasteiger partial charge in [-0.1, -0.05) is 19.1 Å². The molecule has 1 amide bonds. The monoisotopic (exact) mass is 304 g/mol. The van der Waals surface area contributed by atoms with E-state index < -0.39 is 5.92 Å². The van der Waals surface area contributed by atoms with Crippen LogP contribution in [0.4, 0.5) is 11.4 Å². The molecule has 1 aromatic rings. The molecule has 0 saturated carbocycles. The molecule has 1 heterocycles. The summed E-state index contributed by atoms with van der Waals surface area (Å²) < 4.78 is 4.68. The van der Waals surface area contributed by atoms with E-state index in [1.54, 1.807) is 6.92 Å². The van der Waals surface area contributed by atoms with Gasteiger partial charge in [-0.25, -0.2) is 0 Å². The predicted octanol–water partition coefficient (Wildman–Crippen LogP) is 2.45. The Morgan fingerprint density at radius 2 is 1.95 bits per heavy atom. The number of nitrogens with zero attached hydrogens (tertiary/aromatic N) is 2. The van der Waals surface area contributed by atoms with Crippen molar-refractivity contribution < 1.29 is 14.3 Å². The summed E-state index contributed by atoms with van der Waals surface area (Å²) in [5.41, 5.74) is 1.96. The van der Waals surface area contributed by atoms with E-state index in [1.165, 1.54) is 7.11 Å². The normalized spacial score (nSPS) is 19.2. The zero-order valence-corrected chi connectivity index (χ0v) is 13.7. The third-order valence-corrected chi connectivity index (χ3v) is 4.24. The van der Waals surface area contributed by atoms with Gasteiger partial charge >= 0.3 is 5.97 Å². The third kappa shape index (κ3) is 3.24. The van der Waals surface area contributed by atoms with Crippen molar-refractivity contribution in [1.29, 1.82) is 0 Å². The summed E-state index contributed by atoms with van der Waals surface area (Å²) in [6.07, 6.45) is 0.998. The SMILES string of the molecule is COC(=O)C[C@@H](C)C(=O)N1c2ccccc2N(C)CC[C@H]1C. The fourth-order valence-corrected chi connectivity index (χ4v) is 2.85. The largest absolute Gasteiger partial charge is 0.469 e. The molecule has 1 aromatic carbocycles. The fraction of sp³-hybridized carbons (Fsp3) is 0.529. The first kappa shape index (κ1) is 16.3. The van der Waals surface area contributed by atoms with Crippen molar-refractivity contribution in [3.8, 4) is 0 Å². The molecule has 5 heteroatoms. The second-order valence-electron chi connectivity index (χ2n) is 5.94. The molecule has 0 saturated heterocycles. The lowest BCUT2D eigenvalue weighted by Gasteiger charge is -2.30. The minimum absolute atomic E-state index is 0.0272. The topological polar surface area (TPSA) is 49.9 Å². The summed E-state index contributed by atoms with van der Waals surface area (Å²) in [5.74, 6) is -0.777. The number of hydrogen-bond donors (Lipinski definition) is 0. The summed E-state index contributed by atoms with van der Waals surface area (Å²) in [4.78, 5) is 28.3. The van der Waals surface area contributed by atoms with Crippen molar-refractivity contribution >= 4 is 23.3 Å². The lowest BCUT2D eigenvalue weighted by atomic mass is 10.0. The number of ether oxygens (including phenoxy) is 1. The van der Waals surface area contributed by atoms with Gasteiger partial charge in [0.05, 0.1) is 24.9 Å². The molecular weight excluding hydrogens is 280 g/mol.